The monoisotopic (exact) mass is 595 g/mol. The van der Waals surface area contributed by atoms with Crippen LogP contribution in [0.5, 0.6) is 17.4 Å². The van der Waals surface area contributed by atoms with Gasteiger partial charge in [0, 0.05) is 38.0 Å². The van der Waals surface area contributed by atoms with Gasteiger partial charge in [-0.15, -0.1) is 0 Å². The number of benzene rings is 1. The fourth-order valence-corrected chi connectivity index (χ4v) is 5.65. The molecule has 0 unspecified atom stereocenters. The van der Waals surface area contributed by atoms with Crippen molar-refractivity contribution in [1.29, 1.82) is 0 Å². The van der Waals surface area contributed by atoms with Crippen LogP contribution in [0.15, 0.2) is 30.5 Å². The SMILES string of the molecule is COCCOc1ccc(CN(C(=O)O)S(=O)(=O)N(C)C2CCCCC2)c(Oc2ncc(C(F)(F)F)cc2Cl)c1. The van der Waals surface area contributed by atoms with Gasteiger partial charge in [0.15, 0.2) is 0 Å². The molecule has 216 valence electrons. The number of halogens is 4. The molecule has 0 atom stereocenters. The third kappa shape index (κ3) is 7.87. The largest absolute Gasteiger partial charge is 0.491 e. The van der Waals surface area contributed by atoms with E-state index < -0.39 is 45.5 Å². The number of hydrogen-bond acceptors (Lipinski definition) is 7. The number of methoxy groups -OCH3 is 1. The minimum absolute atomic E-state index is 0.0786. The number of pyridine rings is 1. The molecule has 1 fully saturated rings. The van der Waals surface area contributed by atoms with Crippen LogP contribution in [0.2, 0.25) is 5.02 Å². The van der Waals surface area contributed by atoms with Crippen molar-refractivity contribution in [3.05, 3.63) is 46.6 Å². The highest BCUT2D eigenvalue weighted by Crippen LogP contribution is 2.37. The molecule has 2 aromatic rings. The fraction of sp³-hybridized carbons (Fsp3) is 0.500. The summed E-state index contributed by atoms with van der Waals surface area (Å²) in [5.74, 6) is -0.261. The number of hydrogen-bond donors (Lipinski definition) is 1. The molecule has 10 nitrogen and oxygen atoms in total. The Morgan fingerprint density at radius 3 is 2.46 bits per heavy atom. The second-order valence-corrected chi connectivity index (χ2v) is 11.1. The number of carbonyl (C=O) groups is 1. The van der Waals surface area contributed by atoms with Gasteiger partial charge in [-0.05, 0) is 31.0 Å². The third-order valence-corrected chi connectivity index (χ3v) is 8.33. The predicted octanol–water partition coefficient (Wildman–Crippen LogP) is 5.56. The Hall–Kier alpha value is -2.81. The maximum atomic E-state index is 13.3. The number of nitrogens with zero attached hydrogens (tertiary/aromatic N) is 3. The summed E-state index contributed by atoms with van der Waals surface area (Å²) in [5.41, 5.74) is -1.01. The van der Waals surface area contributed by atoms with Gasteiger partial charge in [-0.2, -0.15) is 30.2 Å². The summed E-state index contributed by atoms with van der Waals surface area (Å²) in [6.07, 6.45) is -1.99. The van der Waals surface area contributed by atoms with Gasteiger partial charge in [0.25, 0.3) is 0 Å². The van der Waals surface area contributed by atoms with Crippen molar-refractivity contribution < 1.29 is 45.7 Å². The lowest BCUT2D eigenvalue weighted by Gasteiger charge is -2.33. The summed E-state index contributed by atoms with van der Waals surface area (Å²) < 4.78 is 83.3. The summed E-state index contributed by atoms with van der Waals surface area (Å²) >= 11 is 5.99. The Bertz CT molecular complexity index is 1260. The lowest BCUT2D eigenvalue weighted by Crippen LogP contribution is -2.48. The van der Waals surface area contributed by atoms with Crippen LogP contribution < -0.4 is 9.47 Å². The molecule has 0 spiro atoms. The van der Waals surface area contributed by atoms with Crippen molar-refractivity contribution in [2.45, 2.75) is 50.9 Å². The minimum Gasteiger partial charge on any atom is -0.491 e. The predicted molar refractivity (Wildman–Crippen MR) is 135 cm³/mol. The zero-order chi connectivity index (χ0) is 28.8. The van der Waals surface area contributed by atoms with Gasteiger partial charge < -0.3 is 19.3 Å². The second-order valence-electron chi connectivity index (χ2n) is 8.83. The van der Waals surface area contributed by atoms with Crippen LogP contribution in [0.4, 0.5) is 18.0 Å². The topological polar surface area (TPSA) is 118 Å². The highest BCUT2D eigenvalue weighted by Gasteiger charge is 2.37. The standard InChI is InChI=1S/C24H29ClF3N3O7S/c1-30(18-6-4-3-5-7-18)39(34,35)31(23(32)33)15-16-8-9-19(37-11-10-36-2)13-21(16)38-22-20(25)12-17(14-29-22)24(26,27)28/h8-9,12-14,18H,3-7,10-11,15H2,1-2H3,(H,32,33). The Morgan fingerprint density at radius 1 is 1.18 bits per heavy atom. The number of amides is 1. The van der Waals surface area contributed by atoms with Crippen molar-refractivity contribution in [3.8, 4) is 17.4 Å². The quantitative estimate of drug-likeness (QED) is 0.335. The number of carboxylic acid groups (broad SMARTS) is 1. The third-order valence-electron chi connectivity index (χ3n) is 6.19. The molecule has 1 saturated carbocycles. The maximum absolute atomic E-state index is 13.3. The summed E-state index contributed by atoms with van der Waals surface area (Å²) in [7, 11) is -1.63. The number of alkyl halides is 3. The first-order chi connectivity index (χ1) is 18.3. The van der Waals surface area contributed by atoms with Crippen LogP contribution in [-0.4, -0.2) is 66.6 Å². The number of aromatic nitrogens is 1. The molecule has 1 aromatic carbocycles. The molecule has 3 rings (SSSR count). The highest BCUT2D eigenvalue weighted by molar-refractivity contribution is 7.87. The van der Waals surface area contributed by atoms with Crippen molar-refractivity contribution in [3.63, 3.8) is 0 Å². The van der Waals surface area contributed by atoms with E-state index in [1.165, 1.54) is 32.4 Å². The van der Waals surface area contributed by atoms with E-state index in [1.54, 1.807) is 0 Å². The molecule has 1 amide bonds. The van der Waals surface area contributed by atoms with Crippen molar-refractivity contribution in [2.24, 2.45) is 0 Å². The summed E-state index contributed by atoms with van der Waals surface area (Å²) in [6, 6.07) is 4.49. The fourth-order valence-electron chi connectivity index (χ4n) is 4.04. The number of rotatable bonds is 11. The molecular formula is C24H29ClF3N3O7S. The zero-order valence-electron chi connectivity index (χ0n) is 21.3. The van der Waals surface area contributed by atoms with Crippen LogP contribution in [-0.2, 0) is 27.7 Å². The van der Waals surface area contributed by atoms with Crippen LogP contribution in [0, 0.1) is 0 Å². The van der Waals surface area contributed by atoms with Gasteiger partial charge in [-0.3, -0.25) is 0 Å². The molecule has 1 N–H and O–H groups in total. The van der Waals surface area contributed by atoms with Gasteiger partial charge in [0.2, 0.25) is 5.88 Å². The Labute approximate surface area is 229 Å². The van der Waals surface area contributed by atoms with Crippen LogP contribution in [0.3, 0.4) is 0 Å². The summed E-state index contributed by atoms with van der Waals surface area (Å²) in [5, 5.41) is 9.39. The first kappa shape index (κ1) is 30.7. The molecule has 0 aliphatic heterocycles. The molecule has 15 heteroatoms. The van der Waals surface area contributed by atoms with Gasteiger partial charge in [0.05, 0.1) is 18.7 Å². The van der Waals surface area contributed by atoms with Crippen molar-refractivity contribution in [1.82, 2.24) is 13.6 Å². The van der Waals surface area contributed by atoms with E-state index in [-0.39, 0.29) is 40.6 Å². The first-order valence-electron chi connectivity index (χ1n) is 12.0. The van der Waals surface area contributed by atoms with Gasteiger partial charge >= 0.3 is 22.5 Å². The molecule has 1 heterocycles. The van der Waals surface area contributed by atoms with Crippen molar-refractivity contribution in [2.75, 3.05) is 27.4 Å². The second kappa shape index (κ2) is 13.0. The van der Waals surface area contributed by atoms with Gasteiger partial charge in [0.1, 0.15) is 23.1 Å². The smallest absolute Gasteiger partial charge is 0.422 e. The average Bonchev–Trinajstić information content (AvgIpc) is 2.88. The lowest BCUT2D eigenvalue weighted by molar-refractivity contribution is -0.137. The summed E-state index contributed by atoms with van der Waals surface area (Å²) in [6.45, 7) is -0.250. The highest BCUT2D eigenvalue weighted by atomic mass is 35.5. The maximum Gasteiger partial charge on any atom is 0.422 e. The minimum atomic E-state index is -4.68. The van der Waals surface area contributed by atoms with E-state index in [2.05, 4.69) is 4.98 Å². The van der Waals surface area contributed by atoms with E-state index in [4.69, 9.17) is 25.8 Å². The average molecular weight is 596 g/mol. The summed E-state index contributed by atoms with van der Waals surface area (Å²) in [4.78, 5) is 15.8. The molecule has 1 aromatic heterocycles. The molecule has 39 heavy (non-hydrogen) atoms. The van der Waals surface area contributed by atoms with Crippen molar-refractivity contribution >= 4 is 27.9 Å². The normalized spacial score (nSPS) is 14.8. The van der Waals surface area contributed by atoms with Gasteiger partial charge in [-0.25, -0.2) is 9.78 Å². The van der Waals surface area contributed by atoms with E-state index in [1.807, 2.05) is 0 Å². The Kier molecular flexibility index (Phi) is 10.3. The molecule has 1 aliphatic carbocycles. The molecular weight excluding hydrogens is 567 g/mol. The Morgan fingerprint density at radius 2 is 1.87 bits per heavy atom. The van der Waals surface area contributed by atoms with Crippen LogP contribution in [0.25, 0.3) is 0 Å². The molecule has 0 bridgehead atoms. The van der Waals surface area contributed by atoms with Crippen LogP contribution >= 0.6 is 11.6 Å². The van der Waals surface area contributed by atoms with E-state index in [9.17, 15) is 31.5 Å². The molecule has 1 aliphatic rings. The molecule has 0 saturated heterocycles. The van der Waals surface area contributed by atoms with E-state index in [0.717, 1.165) is 23.6 Å². The number of ether oxygens (including phenoxy) is 3. The van der Waals surface area contributed by atoms with Crippen LogP contribution in [0.1, 0.15) is 43.2 Å². The van der Waals surface area contributed by atoms with Gasteiger partial charge in [-0.1, -0.05) is 30.9 Å². The molecule has 0 radical (unpaired) electrons. The van der Waals surface area contributed by atoms with E-state index >= 15 is 0 Å². The lowest BCUT2D eigenvalue weighted by atomic mass is 9.96. The first-order valence-corrected chi connectivity index (χ1v) is 13.8. The van der Waals surface area contributed by atoms with E-state index in [0.29, 0.717) is 25.1 Å². The zero-order valence-corrected chi connectivity index (χ0v) is 22.9. The Balaban J connectivity index is 1.96.